The van der Waals surface area contributed by atoms with Gasteiger partial charge in [0.05, 0.1) is 17.0 Å². The Hall–Kier alpha value is -1.55. The van der Waals surface area contributed by atoms with Crippen LogP contribution in [0.1, 0.15) is 36.5 Å². The quantitative estimate of drug-likeness (QED) is 0.853. The number of alkyl halides is 1. The van der Waals surface area contributed by atoms with E-state index < -0.39 is 5.97 Å². The molecule has 0 atom stereocenters. The van der Waals surface area contributed by atoms with Gasteiger partial charge in [0.1, 0.15) is 11.3 Å². The van der Waals surface area contributed by atoms with Crippen molar-refractivity contribution in [3.63, 3.8) is 0 Å². The number of carboxylic acid groups (broad SMARTS) is 1. The first-order valence-electron chi connectivity index (χ1n) is 6.32. The van der Waals surface area contributed by atoms with Crippen molar-refractivity contribution in [2.75, 3.05) is 0 Å². The lowest BCUT2D eigenvalue weighted by atomic mass is 10.1. The number of nitrogens with zero attached hydrogens (tertiary/aromatic N) is 2. The highest BCUT2D eigenvalue weighted by Gasteiger charge is 2.16. The van der Waals surface area contributed by atoms with Gasteiger partial charge < -0.3 is 9.67 Å². The van der Waals surface area contributed by atoms with Gasteiger partial charge in [-0.15, -0.1) is 11.6 Å². The number of imidazole rings is 1. The van der Waals surface area contributed by atoms with Crippen molar-refractivity contribution in [2.24, 2.45) is 5.92 Å². The van der Waals surface area contributed by atoms with Gasteiger partial charge in [-0.05, 0) is 24.5 Å². The fourth-order valence-corrected chi connectivity index (χ4v) is 2.31. The number of para-hydroxylation sites is 1. The summed E-state index contributed by atoms with van der Waals surface area (Å²) in [6.07, 6.45) is 1.01. The number of hydrogen-bond donors (Lipinski definition) is 1. The predicted octanol–water partition coefficient (Wildman–Crippen LogP) is 3.52. The second-order valence-corrected chi connectivity index (χ2v) is 5.24. The van der Waals surface area contributed by atoms with Crippen LogP contribution in [0.3, 0.4) is 0 Å². The average molecular weight is 281 g/mol. The number of aromatic nitrogens is 2. The van der Waals surface area contributed by atoms with Crippen LogP contribution in [0.15, 0.2) is 18.2 Å². The highest BCUT2D eigenvalue weighted by molar-refractivity contribution is 6.17. The number of rotatable bonds is 5. The number of halogens is 1. The van der Waals surface area contributed by atoms with Gasteiger partial charge in [-0.3, -0.25) is 0 Å². The molecule has 0 amide bonds. The second kappa shape index (κ2) is 5.61. The van der Waals surface area contributed by atoms with Crippen molar-refractivity contribution in [2.45, 2.75) is 32.7 Å². The molecule has 1 aromatic heterocycles. The molecule has 0 bridgehead atoms. The van der Waals surface area contributed by atoms with E-state index in [1.165, 1.54) is 0 Å². The van der Waals surface area contributed by atoms with Crippen molar-refractivity contribution in [3.8, 4) is 0 Å². The zero-order chi connectivity index (χ0) is 14.0. The molecular weight excluding hydrogens is 264 g/mol. The monoisotopic (exact) mass is 280 g/mol. The number of benzene rings is 1. The summed E-state index contributed by atoms with van der Waals surface area (Å²) >= 11 is 5.92. The van der Waals surface area contributed by atoms with Gasteiger partial charge in [0.25, 0.3) is 0 Å². The molecular formula is C14H17ClN2O2. The van der Waals surface area contributed by atoms with Gasteiger partial charge in [0.2, 0.25) is 0 Å². The molecule has 1 N–H and O–H groups in total. The van der Waals surface area contributed by atoms with Crippen LogP contribution in [-0.2, 0) is 12.4 Å². The van der Waals surface area contributed by atoms with Crippen LogP contribution in [0.25, 0.3) is 11.0 Å². The maximum atomic E-state index is 11.2. The molecule has 0 radical (unpaired) electrons. The summed E-state index contributed by atoms with van der Waals surface area (Å²) in [6, 6.07) is 5.21. The Balaban J connectivity index is 2.55. The Bertz CT molecular complexity index is 605. The fraction of sp³-hybridized carbons (Fsp3) is 0.429. The topological polar surface area (TPSA) is 55.1 Å². The van der Waals surface area contributed by atoms with Gasteiger partial charge in [0.15, 0.2) is 0 Å². The van der Waals surface area contributed by atoms with E-state index in [9.17, 15) is 9.90 Å². The molecule has 102 valence electrons. The minimum atomic E-state index is -0.958. The van der Waals surface area contributed by atoms with E-state index in [-0.39, 0.29) is 11.4 Å². The predicted molar refractivity (Wildman–Crippen MR) is 75.7 cm³/mol. The lowest BCUT2D eigenvalue weighted by molar-refractivity contribution is 0.0699. The highest BCUT2D eigenvalue weighted by Crippen LogP contribution is 2.22. The van der Waals surface area contributed by atoms with Gasteiger partial charge in [-0.2, -0.15) is 0 Å². The molecule has 0 unspecified atom stereocenters. The number of carbonyl (C=O) groups is 1. The van der Waals surface area contributed by atoms with E-state index >= 15 is 0 Å². The lowest BCUT2D eigenvalue weighted by Gasteiger charge is -2.09. The molecule has 0 aliphatic carbocycles. The maximum Gasteiger partial charge on any atom is 0.337 e. The standard InChI is InChI=1S/C14H17ClN2O2/c1-9(2)6-7-17-11-5-3-4-10(14(18)19)13(11)16-12(17)8-15/h3-5,9H,6-8H2,1-2H3,(H,18,19). The van der Waals surface area contributed by atoms with Crippen molar-refractivity contribution in [3.05, 3.63) is 29.6 Å². The Morgan fingerprint density at radius 2 is 2.21 bits per heavy atom. The molecule has 2 rings (SSSR count). The van der Waals surface area contributed by atoms with Gasteiger partial charge >= 0.3 is 5.97 Å². The molecule has 1 heterocycles. The van der Waals surface area contributed by atoms with E-state index in [1.807, 2.05) is 10.6 Å². The first-order valence-corrected chi connectivity index (χ1v) is 6.85. The number of fused-ring (bicyclic) bond motifs is 1. The summed E-state index contributed by atoms with van der Waals surface area (Å²) in [5, 5.41) is 9.19. The first-order chi connectivity index (χ1) is 9.04. The Labute approximate surface area is 117 Å². The summed E-state index contributed by atoms with van der Waals surface area (Å²) < 4.78 is 2.02. The molecule has 5 heteroatoms. The zero-order valence-corrected chi connectivity index (χ0v) is 11.8. The summed E-state index contributed by atoms with van der Waals surface area (Å²) in [5.74, 6) is 0.626. The number of aryl methyl sites for hydroxylation is 1. The normalized spacial score (nSPS) is 11.4. The summed E-state index contributed by atoms with van der Waals surface area (Å²) in [7, 11) is 0. The van der Waals surface area contributed by atoms with Gasteiger partial charge in [0, 0.05) is 6.54 Å². The van der Waals surface area contributed by atoms with Crippen LogP contribution in [0.2, 0.25) is 0 Å². The molecule has 0 aliphatic heterocycles. The second-order valence-electron chi connectivity index (χ2n) is 4.97. The van der Waals surface area contributed by atoms with E-state index in [0.29, 0.717) is 11.4 Å². The molecule has 0 saturated carbocycles. The van der Waals surface area contributed by atoms with Crippen LogP contribution in [-0.4, -0.2) is 20.6 Å². The van der Waals surface area contributed by atoms with Gasteiger partial charge in [-0.1, -0.05) is 19.9 Å². The van der Waals surface area contributed by atoms with Gasteiger partial charge in [-0.25, -0.2) is 9.78 Å². The van der Waals surface area contributed by atoms with E-state index in [4.69, 9.17) is 11.6 Å². The number of aromatic carboxylic acids is 1. The van der Waals surface area contributed by atoms with Crippen molar-refractivity contribution in [1.82, 2.24) is 9.55 Å². The highest BCUT2D eigenvalue weighted by atomic mass is 35.5. The third-order valence-corrected chi connectivity index (χ3v) is 3.38. The minimum absolute atomic E-state index is 0.229. The Morgan fingerprint density at radius 3 is 2.79 bits per heavy atom. The number of carboxylic acids is 1. The largest absolute Gasteiger partial charge is 0.478 e. The summed E-state index contributed by atoms with van der Waals surface area (Å²) in [6.45, 7) is 5.11. The number of hydrogen-bond acceptors (Lipinski definition) is 2. The van der Waals surface area contributed by atoms with Crippen LogP contribution in [0.5, 0.6) is 0 Å². The smallest absolute Gasteiger partial charge is 0.337 e. The SMILES string of the molecule is CC(C)CCn1c(CCl)nc2c(C(=O)O)cccc21. The molecule has 0 aliphatic rings. The molecule has 2 aromatic rings. The molecule has 0 fully saturated rings. The Morgan fingerprint density at radius 1 is 1.47 bits per heavy atom. The van der Waals surface area contributed by atoms with E-state index in [1.54, 1.807) is 12.1 Å². The zero-order valence-electron chi connectivity index (χ0n) is 11.1. The van der Waals surface area contributed by atoms with Crippen LogP contribution >= 0.6 is 11.6 Å². The average Bonchev–Trinajstić information content (AvgIpc) is 2.73. The maximum absolute atomic E-state index is 11.2. The van der Waals surface area contributed by atoms with E-state index in [0.717, 1.165) is 24.3 Å². The molecule has 19 heavy (non-hydrogen) atoms. The molecule has 4 nitrogen and oxygen atoms in total. The first kappa shape index (κ1) is 13.9. The molecule has 0 spiro atoms. The minimum Gasteiger partial charge on any atom is -0.478 e. The third-order valence-electron chi connectivity index (χ3n) is 3.14. The molecule has 1 aromatic carbocycles. The van der Waals surface area contributed by atoms with Crippen LogP contribution < -0.4 is 0 Å². The fourth-order valence-electron chi connectivity index (χ4n) is 2.11. The third kappa shape index (κ3) is 2.73. The summed E-state index contributed by atoms with van der Waals surface area (Å²) in [5.41, 5.74) is 1.60. The lowest BCUT2D eigenvalue weighted by Crippen LogP contribution is -2.05. The van der Waals surface area contributed by atoms with Crippen molar-refractivity contribution >= 4 is 28.6 Å². The Kier molecular flexibility index (Phi) is 4.10. The molecule has 0 saturated heterocycles. The summed E-state index contributed by atoms with van der Waals surface area (Å²) in [4.78, 5) is 15.6. The van der Waals surface area contributed by atoms with Crippen molar-refractivity contribution in [1.29, 1.82) is 0 Å². The van der Waals surface area contributed by atoms with Crippen molar-refractivity contribution < 1.29 is 9.90 Å². The van der Waals surface area contributed by atoms with Crippen LogP contribution in [0, 0.1) is 5.92 Å². The van der Waals surface area contributed by atoms with Crippen LogP contribution in [0.4, 0.5) is 0 Å². The van der Waals surface area contributed by atoms with E-state index in [2.05, 4.69) is 18.8 Å².